The van der Waals surface area contributed by atoms with E-state index in [4.69, 9.17) is 5.11 Å². The van der Waals surface area contributed by atoms with Gasteiger partial charge in [-0.2, -0.15) is 0 Å². The van der Waals surface area contributed by atoms with Crippen LogP contribution in [0.15, 0.2) is 18.2 Å². The molecule has 0 spiro atoms. The summed E-state index contributed by atoms with van der Waals surface area (Å²) in [5.41, 5.74) is 0.134. The zero-order valence-corrected chi connectivity index (χ0v) is 12.2. The molecule has 1 aromatic carbocycles. The molecular weight excluding hydrogens is 272 g/mol. The molecule has 1 heterocycles. The van der Waals surface area contributed by atoms with Gasteiger partial charge < -0.3 is 20.4 Å². The van der Waals surface area contributed by atoms with Gasteiger partial charge in [0.15, 0.2) is 0 Å². The van der Waals surface area contributed by atoms with Crippen LogP contribution in [0.1, 0.15) is 30.6 Å². The average Bonchev–Trinajstić information content (AvgIpc) is 2.43. The van der Waals surface area contributed by atoms with Crippen molar-refractivity contribution in [3.05, 3.63) is 23.8 Å². The van der Waals surface area contributed by atoms with Crippen molar-refractivity contribution in [1.29, 1.82) is 0 Å². The predicted octanol–water partition coefficient (Wildman–Crippen LogP) is 2.60. The summed E-state index contributed by atoms with van der Waals surface area (Å²) in [6, 6.07) is 3.76. The number of piperidine rings is 1. The molecule has 0 saturated carbocycles. The Bertz CT molecular complexity index is 559. The molecule has 1 aliphatic heterocycles. The zero-order valence-electron chi connectivity index (χ0n) is 12.2. The number of nitrogens with zero attached hydrogens (tertiary/aromatic N) is 1. The van der Waals surface area contributed by atoms with Crippen LogP contribution in [0.5, 0.6) is 5.75 Å². The van der Waals surface area contributed by atoms with Crippen LogP contribution < -0.4 is 5.32 Å². The molecule has 0 aromatic heterocycles. The lowest BCUT2D eigenvalue weighted by molar-refractivity contribution is 0.0693. The minimum absolute atomic E-state index is 0.228. The largest absolute Gasteiger partial charge is 0.507 e. The quantitative estimate of drug-likeness (QED) is 0.731. The summed E-state index contributed by atoms with van der Waals surface area (Å²) in [6.07, 6.45) is 0.963. The third kappa shape index (κ3) is 3.45. The first kappa shape index (κ1) is 15.2. The number of hydrogen-bond donors (Lipinski definition) is 3. The summed E-state index contributed by atoms with van der Waals surface area (Å²) in [6.45, 7) is 5.68. The van der Waals surface area contributed by atoms with Crippen molar-refractivity contribution in [2.75, 3.05) is 18.4 Å². The van der Waals surface area contributed by atoms with E-state index in [0.717, 1.165) is 6.42 Å². The molecule has 21 heavy (non-hydrogen) atoms. The lowest BCUT2D eigenvalue weighted by Gasteiger charge is -2.35. The van der Waals surface area contributed by atoms with Gasteiger partial charge in [0.1, 0.15) is 11.3 Å². The summed E-state index contributed by atoms with van der Waals surface area (Å²) in [7, 11) is 0. The normalized spacial score (nSPS) is 21.9. The number of rotatable bonds is 2. The van der Waals surface area contributed by atoms with Gasteiger partial charge in [-0.1, -0.05) is 13.8 Å². The first-order valence-electron chi connectivity index (χ1n) is 7.00. The third-order valence-electron chi connectivity index (χ3n) is 4.10. The SMILES string of the molecule is CC1CCN(C(=O)Nc2ccc(O)c(C(=O)O)c2)CC1C. The maximum atomic E-state index is 12.2. The minimum Gasteiger partial charge on any atom is -0.507 e. The van der Waals surface area contributed by atoms with E-state index in [1.165, 1.54) is 18.2 Å². The standard InChI is InChI=1S/C15H20N2O4/c1-9-5-6-17(8-10(9)2)15(21)16-11-3-4-13(18)12(7-11)14(19)20/h3-4,7,9-10,18H,5-6,8H2,1-2H3,(H,16,21)(H,19,20). The van der Waals surface area contributed by atoms with Gasteiger partial charge in [0.05, 0.1) is 0 Å². The number of carbonyl (C=O) groups excluding carboxylic acids is 1. The van der Waals surface area contributed by atoms with Gasteiger partial charge in [0.25, 0.3) is 0 Å². The van der Waals surface area contributed by atoms with E-state index >= 15 is 0 Å². The van der Waals surface area contributed by atoms with Gasteiger partial charge in [0.2, 0.25) is 0 Å². The Morgan fingerprint density at radius 1 is 1.29 bits per heavy atom. The van der Waals surface area contributed by atoms with E-state index in [2.05, 4.69) is 19.2 Å². The Balaban J connectivity index is 2.06. The average molecular weight is 292 g/mol. The van der Waals surface area contributed by atoms with E-state index < -0.39 is 5.97 Å². The first-order valence-corrected chi connectivity index (χ1v) is 7.00. The Morgan fingerprint density at radius 2 is 2.00 bits per heavy atom. The first-order chi connectivity index (χ1) is 9.88. The molecular formula is C15H20N2O4. The molecule has 6 heteroatoms. The fraction of sp³-hybridized carbons (Fsp3) is 0.467. The molecule has 0 bridgehead atoms. The number of phenols is 1. The smallest absolute Gasteiger partial charge is 0.339 e. The number of urea groups is 1. The number of likely N-dealkylation sites (tertiary alicyclic amines) is 1. The van der Waals surface area contributed by atoms with E-state index in [1.54, 1.807) is 4.90 Å². The minimum atomic E-state index is -1.23. The van der Waals surface area contributed by atoms with Crippen LogP contribution in [-0.2, 0) is 0 Å². The highest BCUT2D eigenvalue weighted by molar-refractivity contribution is 5.95. The van der Waals surface area contributed by atoms with Gasteiger partial charge in [-0.3, -0.25) is 0 Å². The fourth-order valence-electron chi connectivity index (χ4n) is 2.43. The molecule has 2 unspecified atom stereocenters. The molecule has 2 rings (SSSR count). The Morgan fingerprint density at radius 3 is 2.62 bits per heavy atom. The van der Waals surface area contributed by atoms with Crippen LogP contribution in [0.25, 0.3) is 0 Å². The van der Waals surface area contributed by atoms with Gasteiger partial charge >= 0.3 is 12.0 Å². The number of aromatic carboxylic acids is 1. The van der Waals surface area contributed by atoms with Crippen LogP contribution in [0.2, 0.25) is 0 Å². The number of nitrogens with one attached hydrogen (secondary N) is 1. The molecule has 2 atom stereocenters. The second kappa shape index (κ2) is 6.03. The zero-order chi connectivity index (χ0) is 15.6. The van der Waals surface area contributed by atoms with Crippen LogP contribution in [0.4, 0.5) is 10.5 Å². The van der Waals surface area contributed by atoms with E-state index in [0.29, 0.717) is 30.6 Å². The molecule has 0 aliphatic carbocycles. The Kier molecular flexibility index (Phi) is 4.35. The van der Waals surface area contributed by atoms with Crippen molar-refractivity contribution in [1.82, 2.24) is 4.90 Å². The third-order valence-corrected chi connectivity index (χ3v) is 4.10. The van der Waals surface area contributed by atoms with Crippen molar-refractivity contribution in [2.45, 2.75) is 20.3 Å². The van der Waals surface area contributed by atoms with Crippen molar-refractivity contribution in [3.63, 3.8) is 0 Å². The number of anilines is 1. The Hall–Kier alpha value is -2.24. The summed E-state index contributed by atoms with van der Waals surface area (Å²) < 4.78 is 0. The molecule has 1 aromatic rings. The van der Waals surface area contributed by atoms with Gasteiger partial charge in [-0.05, 0) is 36.5 Å². The van der Waals surface area contributed by atoms with Gasteiger partial charge in [-0.15, -0.1) is 0 Å². The van der Waals surface area contributed by atoms with Crippen molar-refractivity contribution >= 4 is 17.7 Å². The topological polar surface area (TPSA) is 89.9 Å². The number of carbonyl (C=O) groups is 2. The maximum absolute atomic E-state index is 12.2. The van der Waals surface area contributed by atoms with Crippen LogP contribution in [0.3, 0.4) is 0 Å². The second-order valence-electron chi connectivity index (χ2n) is 5.66. The van der Waals surface area contributed by atoms with Crippen LogP contribution >= 0.6 is 0 Å². The molecule has 1 aliphatic rings. The van der Waals surface area contributed by atoms with Crippen LogP contribution in [-0.4, -0.2) is 40.2 Å². The van der Waals surface area contributed by atoms with E-state index in [-0.39, 0.29) is 17.3 Å². The van der Waals surface area contributed by atoms with E-state index in [9.17, 15) is 14.7 Å². The molecule has 114 valence electrons. The van der Waals surface area contributed by atoms with Crippen molar-refractivity contribution in [2.24, 2.45) is 11.8 Å². The number of amides is 2. The number of benzene rings is 1. The number of hydrogen-bond acceptors (Lipinski definition) is 3. The lowest BCUT2D eigenvalue weighted by atomic mass is 9.89. The highest BCUT2D eigenvalue weighted by Gasteiger charge is 2.26. The van der Waals surface area contributed by atoms with Crippen molar-refractivity contribution in [3.8, 4) is 5.75 Å². The molecule has 2 amide bonds. The fourth-order valence-corrected chi connectivity index (χ4v) is 2.43. The van der Waals surface area contributed by atoms with Gasteiger partial charge in [-0.25, -0.2) is 9.59 Å². The summed E-state index contributed by atoms with van der Waals surface area (Å²) in [5, 5.41) is 21.1. The van der Waals surface area contributed by atoms with Crippen LogP contribution in [0, 0.1) is 11.8 Å². The summed E-state index contributed by atoms with van der Waals surface area (Å²) >= 11 is 0. The molecule has 6 nitrogen and oxygen atoms in total. The molecule has 0 radical (unpaired) electrons. The summed E-state index contributed by atoms with van der Waals surface area (Å²) in [4.78, 5) is 24.9. The highest BCUT2D eigenvalue weighted by Crippen LogP contribution is 2.24. The molecule has 3 N–H and O–H groups in total. The second-order valence-corrected chi connectivity index (χ2v) is 5.66. The van der Waals surface area contributed by atoms with Crippen molar-refractivity contribution < 1.29 is 19.8 Å². The monoisotopic (exact) mass is 292 g/mol. The number of carboxylic acid groups (broad SMARTS) is 1. The highest BCUT2D eigenvalue weighted by atomic mass is 16.4. The Labute approximate surface area is 123 Å². The molecule has 1 saturated heterocycles. The van der Waals surface area contributed by atoms with Gasteiger partial charge in [0, 0.05) is 18.8 Å². The summed E-state index contributed by atoms with van der Waals surface area (Å²) in [5.74, 6) is -0.509. The number of carboxylic acids is 1. The molecule has 1 fully saturated rings. The maximum Gasteiger partial charge on any atom is 0.339 e. The lowest BCUT2D eigenvalue weighted by Crippen LogP contribution is -2.44. The number of aromatic hydroxyl groups is 1. The predicted molar refractivity (Wildman–Crippen MR) is 78.6 cm³/mol. The van der Waals surface area contributed by atoms with E-state index in [1.807, 2.05) is 0 Å².